The van der Waals surface area contributed by atoms with E-state index in [4.69, 9.17) is 27.9 Å². The standard InChI is InChI=1S/C14H8Br2Cl2O2/c1-7-2-3-8(4-10(7)15)14(19)20-13-11(16)5-9(17)6-12(13)18/h2-6H,1H3. The summed E-state index contributed by atoms with van der Waals surface area (Å²) >= 11 is 18.5. The van der Waals surface area contributed by atoms with Crippen LogP contribution in [0.2, 0.25) is 10.0 Å². The number of hydrogen-bond donors (Lipinski definition) is 0. The highest BCUT2D eigenvalue weighted by Crippen LogP contribution is 2.36. The van der Waals surface area contributed by atoms with Crippen molar-refractivity contribution in [1.29, 1.82) is 0 Å². The number of benzene rings is 2. The molecule has 0 fully saturated rings. The summed E-state index contributed by atoms with van der Waals surface area (Å²) < 4.78 is 6.68. The van der Waals surface area contributed by atoms with Gasteiger partial charge in [-0.15, -0.1) is 0 Å². The monoisotopic (exact) mass is 436 g/mol. The van der Waals surface area contributed by atoms with Crippen molar-refractivity contribution in [3.63, 3.8) is 0 Å². The summed E-state index contributed by atoms with van der Waals surface area (Å²) in [5, 5.41) is 0.726. The first-order valence-corrected chi connectivity index (χ1v) is 7.85. The molecule has 104 valence electrons. The molecule has 0 heterocycles. The maximum atomic E-state index is 12.1. The Labute approximate surface area is 143 Å². The summed E-state index contributed by atoms with van der Waals surface area (Å²) in [4.78, 5) is 12.1. The topological polar surface area (TPSA) is 26.3 Å². The Kier molecular flexibility index (Phi) is 5.13. The summed E-state index contributed by atoms with van der Waals surface area (Å²) in [5.41, 5.74) is 1.47. The molecule has 0 aromatic heterocycles. The van der Waals surface area contributed by atoms with Crippen LogP contribution in [0.3, 0.4) is 0 Å². The number of ether oxygens (including phenoxy) is 1. The number of carbonyl (C=O) groups is 1. The molecule has 2 aromatic carbocycles. The molecule has 0 saturated carbocycles. The van der Waals surface area contributed by atoms with E-state index in [9.17, 15) is 4.79 Å². The predicted molar refractivity (Wildman–Crippen MR) is 88.0 cm³/mol. The maximum Gasteiger partial charge on any atom is 0.343 e. The molecule has 2 rings (SSSR count). The van der Waals surface area contributed by atoms with Crippen LogP contribution in [0, 0.1) is 6.92 Å². The first-order chi connectivity index (χ1) is 9.38. The lowest BCUT2D eigenvalue weighted by Crippen LogP contribution is -2.09. The zero-order valence-corrected chi connectivity index (χ0v) is 14.9. The second-order valence-corrected chi connectivity index (χ2v) is 6.60. The molecule has 0 aliphatic rings. The van der Waals surface area contributed by atoms with Crippen molar-refractivity contribution in [2.24, 2.45) is 0 Å². The van der Waals surface area contributed by atoms with Gasteiger partial charge in [-0.05, 0) is 52.7 Å². The molecule has 0 radical (unpaired) electrons. The third kappa shape index (κ3) is 3.55. The van der Waals surface area contributed by atoms with E-state index in [0.717, 1.165) is 10.0 Å². The highest BCUT2D eigenvalue weighted by atomic mass is 79.9. The second kappa shape index (κ2) is 6.48. The van der Waals surface area contributed by atoms with Gasteiger partial charge in [0, 0.05) is 9.50 Å². The van der Waals surface area contributed by atoms with Crippen LogP contribution in [0.1, 0.15) is 15.9 Å². The Morgan fingerprint density at radius 3 is 2.40 bits per heavy atom. The van der Waals surface area contributed by atoms with Crippen LogP contribution in [-0.2, 0) is 0 Å². The van der Waals surface area contributed by atoms with Crippen LogP contribution in [0.15, 0.2) is 39.3 Å². The third-order valence-electron chi connectivity index (χ3n) is 2.57. The van der Waals surface area contributed by atoms with Crippen LogP contribution >= 0.6 is 55.1 Å². The van der Waals surface area contributed by atoms with Gasteiger partial charge in [0.25, 0.3) is 0 Å². The maximum absolute atomic E-state index is 12.1. The van der Waals surface area contributed by atoms with E-state index in [-0.39, 0.29) is 10.8 Å². The van der Waals surface area contributed by atoms with Crippen LogP contribution < -0.4 is 4.74 Å². The van der Waals surface area contributed by atoms with Crippen molar-refractivity contribution in [1.82, 2.24) is 0 Å². The van der Waals surface area contributed by atoms with Crippen LogP contribution in [0.25, 0.3) is 0 Å². The molecule has 0 unspecified atom stereocenters. The van der Waals surface area contributed by atoms with Crippen LogP contribution in [0.5, 0.6) is 5.75 Å². The number of esters is 1. The second-order valence-electron chi connectivity index (χ2n) is 4.05. The Morgan fingerprint density at radius 2 is 1.80 bits per heavy atom. The van der Waals surface area contributed by atoms with E-state index in [1.165, 1.54) is 6.07 Å². The minimum Gasteiger partial charge on any atom is -0.420 e. The molecule has 0 atom stereocenters. The van der Waals surface area contributed by atoms with E-state index in [2.05, 4.69) is 31.9 Å². The van der Waals surface area contributed by atoms with Gasteiger partial charge in [-0.3, -0.25) is 0 Å². The highest BCUT2D eigenvalue weighted by molar-refractivity contribution is 9.10. The molecule has 6 heteroatoms. The summed E-state index contributed by atoms with van der Waals surface area (Å²) in [5.74, 6) is -0.242. The molecule has 0 amide bonds. The first-order valence-electron chi connectivity index (χ1n) is 5.51. The van der Waals surface area contributed by atoms with Crippen molar-refractivity contribution in [3.8, 4) is 5.75 Å². The molecule has 20 heavy (non-hydrogen) atoms. The van der Waals surface area contributed by atoms with Gasteiger partial charge in [-0.25, -0.2) is 4.79 Å². The molecule has 2 nitrogen and oxygen atoms in total. The fourth-order valence-electron chi connectivity index (χ4n) is 1.50. The number of carbonyl (C=O) groups excluding carboxylic acids is 1. The lowest BCUT2D eigenvalue weighted by molar-refractivity contribution is 0.0733. The molecule has 0 spiro atoms. The number of halogens is 4. The molecule has 0 saturated heterocycles. The highest BCUT2D eigenvalue weighted by Gasteiger charge is 2.15. The largest absolute Gasteiger partial charge is 0.420 e. The Morgan fingerprint density at radius 1 is 1.10 bits per heavy atom. The number of hydrogen-bond acceptors (Lipinski definition) is 2. The Hall–Kier alpha value is -0.550. The van der Waals surface area contributed by atoms with Gasteiger partial charge in [-0.1, -0.05) is 45.2 Å². The SMILES string of the molecule is Cc1ccc(C(=O)Oc2c(Cl)cc(Cl)cc2Br)cc1Br. The average molecular weight is 439 g/mol. The quantitative estimate of drug-likeness (QED) is 0.421. The summed E-state index contributed by atoms with van der Waals surface area (Å²) in [7, 11) is 0. The smallest absolute Gasteiger partial charge is 0.343 e. The Balaban J connectivity index is 2.30. The van der Waals surface area contributed by atoms with E-state index >= 15 is 0 Å². The molecular weight excluding hydrogens is 431 g/mol. The van der Waals surface area contributed by atoms with Crippen molar-refractivity contribution >= 4 is 61.0 Å². The average Bonchev–Trinajstić information content (AvgIpc) is 2.36. The van der Waals surface area contributed by atoms with Crippen LogP contribution in [-0.4, -0.2) is 5.97 Å². The van der Waals surface area contributed by atoms with Gasteiger partial charge in [-0.2, -0.15) is 0 Å². The van der Waals surface area contributed by atoms with Gasteiger partial charge in [0.15, 0.2) is 5.75 Å². The van der Waals surface area contributed by atoms with Crippen molar-refractivity contribution in [3.05, 3.63) is 60.4 Å². The third-order valence-corrected chi connectivity index (χ3v) is 4.51. The summed E-state index contributed by atoms with van der Waals surface area (Å²) in [6, 6.07) is 8.36. The normalized spacial score (nSPS) is 10.4. The molecule has 0 bridgehead atoms. The Bertz CT molecular complexity index is 664. The molecule has 2 aromatic rings. The summed E-state index contributed by atoms with van der Waals surface area (Å²) in [6.45, 7) is 1.94. The lowest BCUT2D eigenvalue weighted by atomic mass is 10.1. The zero-order valence-electron chi connectivity index (χ0n) is 10.2. The molecule has 0 aliphatic heterocycles. The van der Waals surface area contributed by atoms with Gasteiger partial charge in [0.2, 0.25) is 0 Å². The van der Waals surface area contributed by atoms with E-state index < -0.39 is 5.97 Å². The van der Waals surface area contributed by atoms with Gasteiger partial charge >= 0.3 is 5.97 Å². The number of aryl methyl sites for hydroxylation is 1. The molecular formula is C14H8Br2Cl2O2. The molecule has 0 aliphatic carbocycles. The van der Waals surface area contributed by atoms with E-state index in [0.29, 0.717) is 15.1 Å². The van der Waals surface area contributed by atoms with Crippen molar-refractivity contribution < 1.29 is 9.53 Å². The first kappa shape index (κ1) is 15.8. The molecule has 0 N–H and O–H groups in total. The van der Waals surface area contributed by atoms with Crippen molar-refractivity contribution in [2.45, 2.75) is 6.92 Å². The van der Waals surface area contributed by atoms with Gasteiger partial charge < -0.3 is 4.74 Å². The van der Waals surface area contributed by atoms with E-state index in [1.807, 2.05) is 13.0 Å². The summed E-state index contributed by atoms with van der Waals surface area (Å²) in [6.07, 6.45) is 0. The lowest BCUT2D eigenvalue weighted by Gasteiger charge is -2.09. The van der Waals surface area contributed by atoms with Gasteiger partial charge in [0.05, 0.1) is 15.1 Å². The number of rotatable bonds is 2. The zero-order chi connectivity index (χ0) is 14.9. The van der Waals surface area contributed by atoms with E-state index in [1.54, 1.807) is 18.2 Å². The van der Waals surface area contributed by atoms with Crippen molar-refractivity contribution in [2.75, 3.05) is 0 Å². The predicted octanol–water partition coefficient (Wildman–Crippen LogP) is 6.05. The minimum absolute atomic E-state index is 0.248. The van der Waals surface area contributed by atoms with Gasteiger partial charge in [0.1, 0.15) is 0 Å². The fourth-order valence-corrected chi connectivity index (χ4v) is 3.20. The van der Waals surface area contributed by atoms with Crippen LogP contribution in [0.4, 0.5) is 0 Å². The fraction of sp³-hybridized carbons (Fsp3) is 0.0714. The minimum atomic E-state index is -0.490.